The lowest BCUT2D eigenvalue weighted by atomic mass is 9.99. The fourth-order valence-corrected chi connectivity index (χ4v) is 3.95. The number of aryl methyl sites for hydroxylation is 1. The third-order valence-corrected chi connectivity index (χ3v) is 5.34. The molecule has 0 radical (unpaired) electrons. The van der Waals surface area contributed by atoms with E-state index >= 15 is 0 Å². The maximum absolute atomic E-state index is 12.4. The fraction of sp³-hybridized carbons (Fsp3) is 0.333. The zero-order valence-corrected chi connectivity index (χ0v) is 15.7. The minimum Gasteiger partial charge on any atom is -0.497 e. The molecule has 0 spiro atoms. The molecule has 5 nitrogen and oxygen atoms in total. The standard InChI is InChI=1S/C15H16BrN3O2S.ClH/c1-21-9-3-4-11(16)10(7-9)14(20)19-15-18-12-5-2-8(17)6-13(12)22-15;/h3-4,7-8H,2,5-6,17H2,1H3,(H,18,19,20);1H/t8-;/m0./s1. The number of nitrogens with one attached hydrogen (secondary N) is 1. The molecule has 1 aromatic heterocycles. The molecule has 0 saturated carbocycles. The van der Waals surface area contributed by atoms with Gasteiger partial charge in [0.2, 0.25) is 0 Å². The van der Waals surface area contributed by atoms with Crippen LogP contribution >= 0.6 is 39.7 Å². The van der Waals surface area contributed by atoms with Crippen LogP contribution in [0.3, 0.4) is 0 Å². The fourth-order valence-electron chi connectivity index (χ4n) is 2.42. The Morgan fingerprint density at radius 3 is 3.04 bits per heavy atom. The normalized spacial score (nSPS) is 16.2. The van der Waals surface area contributed by atoms with E-state index in [4.69, 9.17) is 10.5 Å². The van der Waals surface area contributed by atoms with Gasteiger partial charge < -0.3 is 10.5 Å². The van der Waals surface area contributed by atoms with Gasteiger partial charge in [-0.15, -0.1) is 23.7 Å². The van der Waals surface area contributed by atoms with Gasteiger partial charge in [-0.25, -0.2) is 4.98 Å². The van der Waals surface area contributed by atoms with Crippen molar-refractivity contribution in [3.8, 4) is 5.75 Å². The van der Waals surface area contributed by atoms with Gasteiger partial charge in [-0.3, -0.25) is 10.1 Å². The lowest BCUT2D eigenvalue weighted by molar-refractivity contribution is 0.102. The molecule has 124 valence electrons. The molecule has 1 aliphatic rings. The number of benzene rings is 1. The Kier molecular flexibility index (Phi) is 6.02. The van der Waals surface area contributed by atoms with Crippen LogP contribution in [0.5, 0.6) is 5.75 Å². The molecule has 3 rings (SSSR count). The first kappa shape index (κ1) is 18.2. The van der Waals surface area contributed by atoms with Crippen molar-refractivity contribution in [3.63, 3.8) is 0 Å². The molecule has 1 amide bonds. The Bertz CT molecular complexity index is 723. The summed E-state index contributed by atoms with van der Waals surface area (Å²) in [6.07, 6.45) is 2.67. The van der Waals surface area contributed by atoms with Crippen molar-refractivity contribution in [2.45, 2.75) is 25.3 Å². The van der Waals surface area contributed by atoms with E-state index in [0.29, 0.717) is 20.9 Å². The Hall–Kier alpha value is -1.15. The van der Waals surface area contributed by atoms with Gasteiger partial charge in [0.1, 0.15) is 5.75 Å². The summed E-state index contributed by atoms with van der Waals surface area (Å²) in [4.78, 5) is 18.1. The van der Waals surface area contributed by atoms with E-state index in [1.165, 1.54) is 16.2 Å². The highest BCUT2D eigenvalue weighted by molar-refractivity contribution is 9.10. The molecule has 0 unspecified atom stereocenters. The second-order valence-corrected chi connectivity index (χ2v) is 7.13. The number of fused-ring (bicyclic) bond motifs is 1. The van der Waals surface area contributed by atoms with Crippen LogP contribution in [0.2, 0.25) is 0 Å². The minimum atomic E-state index is -0.207. The Morgan fingerprint density at radius 1 is 1.52 bits per heavy atom. The number of nitrogens with two attached hydrogens (primary N) is 1. The lowest BCUT2D eigenvalue weighted by Gasteiger charge is -2.15. The number of aromatic nitrogens is 1. The second-order valence-electron chi connectivity index (χ2n) is 5.19. The number of ether oxygens (including phenoxy) is 1. The molecule has 1 aliphatic carbocycles. The Balaban J connectivity index is 0.00000192. The molecule has 1 aromatic carbocycles. The number of nitrogens with zero attached hydrogens (tertiary/aromatic N) is 1. The molecule has 0 aliphatic heterocycles. The highest BCUT2D eigenvalue weighted by Gasteiger charge is 2.21. The molecule has 0 fully saturated rings. The van der Waals surface area contributed by atoms with Crippen LogP contribution in [-0.4, -0.2) is 24.0 Å². The number of hydrogen-bond acceptors (Lipinski definition) is 5. The van der Waals surface area contributed by atoms with Gasteiger partial charge in [0.05, 0.1) is 18.4 Å². The molecule has 23 heavy (non-hydrogen) atoms. The third kappa shape index (κ3) is 4.03. The predicted molar refractivity (Wildman–Crippen MR) is 98.0 cm³/mol. The van der Waals surface area contributed by atoms with E-state index in [9.17, 15) is 4.79 Å². The maximum Gasteiger partial charge on any atom is 0.258 e. The number of thiazole rings is 1. The molecule has 8 heteroatoms. The van der Waals surface area contributed by atoms with Crippen LogP contribution in [0.4, 0.5) is 5.13 Å². The van der Waals surface area contributed by atoms with Crippen molar-refractivity contribution >= 4 is 50.7 Å². The van der Waals surface area contributed by atoms with E-state index < -0.39 is 0 Å². The number of carbonyl (C=O) groups excluding carboxylic acids is 1. The maximum atomic E-state index is 12.4. The highest BCUT2D eigenvalue weighted by atomic mass is 79.9. The van der Waals surface area contributed by atoms with E-state index in [-0.39, 0.29) is 24.4 Å². The topological polar surface area (TPSA) is 77.2 Å². The van der Waals surface area contributed by atoms with Gasteiger partial charge >= 0.3 is 0 Å². The van der Waals surface area contributed by atoms with Gasteiger partial charge in [0, 0.05) is 15.4 Å². The number of amides is 1. The van der Waals surface area contributed by atoms with Crippen LogP contribution in [0.1, 0.15) is 27.3 Å². The monoisotopic (exact) mass is 417 g/mol. The SMILES string of the molecule is COc1ccc(Br)c(C(=O)Nc2nc3c(s2)C[C@@H](N)CC3)c1.Cl. The molecule has 1 heterocycles. The van der Waals surface area contributed by atoms with Crippen LogP contribution < -0.4 is 15.8 Å². The predicted octanol–water partition coefficient (Wildman–Crippen LogP) is 3.40. The number of anilines is 1. The number of rotatable bonds is 3. The average Bonchev–Trinajstić information content (AvgIpc) is 2.88. The summed E-state index contributed by atoms with van der Waals surface area (Å²) in [6, 6.07) is 5.48. The summed E-state index contributed by atoms with van der Waals surface area (Å²) < 4.78 is 5.88. The molecule has 1 atom stereocenters. The summed E-state index contributed by atoms with van der Waals surface area (Å²) in [5.74, 6) is 0.430. The smallest absolute Gasteiger partial charge is 0.258 e. The van der Waals surface area contributed by atoms with E-state index in [0.717, 1.165) is 25.0 Å². The number of carbonyl (C=O) groups is 1. The first-order valence-corrected chi connectivity index (χ1v) is 8.57. The third-order valence-electron chi connectivity index (χ3n) is 3.62. The zero-order chi connectivity index (χ0) is 15.7. The minimum absolute atomic E-state index is 0. The molecule has 2 aromatic rings. The van der Waals surface area contributed by atoms with Crippen LogP contribution in [0.15, 0.2) is 22.7 Å². The Morgan fingerprint density at radius 2 is 2.30 bits per heavy atom. The van der Waals surface area contributed by atoms with E-state index in [1.54, 1.807) is 25.3 Å². The van der Waals surface area contributed by atoms with Gasteiger partial charge in [0.15, 0.2) is 5.13 Å². The van der Waals surface area contributed by atoms with Gasteiger partial charge in [-0.05, 0) is 53.4 Å². The first-order valence-electron chi connectivity index (χ1n) is 6.96. The van der Waals surface area contributed by atoms with E-state index in [2.05, 4.69) is 26.2 Å². The van der Waals surface area contributed by atoms with Crippen LogP contribution in [0, 0.1) is 0 Å². The average molecular weight is 419 g/mol. The Labute approximate surface area is 153 Å². The first-order chi connectivity index (χ1) is 10.6. The quantitative estimate of drug-likeness (QED) is 0.801. The molecular weight excluding hydrogens is 402 g/mol. The van der Waals surface area contributed by atoms with Crippen molar-refractivity contribution in [2.75, 3.05) is 12.4 Å². The van der Waals surface area contributed by atoms with Crippen molar-refractivity contribution in [1.82, 2.24) is 4.98 Å². The van der Waals surface area contributed by atoms with Crippen LogP contribution in [-0.2, 0) is 12.8 Å². The summed E-state index contributed by atoms with van der Waals surface area (Å²) in [7, 11) is 1.57. The molecular formula is C15H17BrClN3O2S. The summed E-state index contributed by atoms with van der Waals surface area (Å²) in [5, 5.41) is 3.49. The molecule has 0 saturated heterocycles. The van der Waals surface area contributed by atoms with Gasteiger partial charge in [0.25, 0.3) is 5.91 Å². The van der Waals surface area contributed by atoms with Crippen molar-refractivity contribution in [2.24, 2.45) is 5.73 Å². The number of halogens is 2. The second kappa shape index (κ2) is 7.61. The van der Waals surface area contributed by atoms with Crippen molar-refractivity contribution < 1.29 is 9.53 Å². The summed E-state index contributed by atoms with van der Waals surface area (Å²) in [5.41, 5.74) is 7.55. The van der Waals surface area contributed by atoms with Gasteiger partial charge in [-0.2, -0.15) is 0 Å². The highest BCUT2D eigenvalue weighted by Crippen LogP contribution is 2.30. The summed E-state index contributed by atoms with van der Waals surface area (Å²) >= 11 is 4.90. The summed E-state index contributed by atoms with van der Waals surface area (Å²) in [6.45, 7) is 0. The van der Waals surface area contributed by atoms with E-state index in [1.807, 2.05) is 0 Å². The molecule has 0 bridgehead atoms. The molecule has 3 N–H and O–H groups in total. The van der Waals surface area contributed by atoms with Crippen molar-refractivity contribution in [1.29, 1.82) is 0 Å². The van der Waals surface area contributed by atoms with Gasteiger partial charge in [-0.1, -0.05) is 0 Å². The zero-order valence-electron chi connectivity index (χ0n) is 12.5. The van der Waals surface area contributed by atoms with Crippen molar-refractivity contribution in [3.05, 3.63) is 38.8 Å². The van der Waals surface area contributed by atoms with Crippen LogP contribution in [0.25, 0.3) is 0 Å². The lowest BCUT2D eigenvalue weighted by Crippen LogP contribution is -2.27. The number of methoxy groups -OCH3 is 1. The largest absolute Gasteiger partial charge is 0.497 e. The number of hydrogen-bond donors (Lipinski definition) is 2.